The van der Waals surface area contributed by atoms with E-state index >= 15 is 0 Å². The predicted molar refractivity (Wildman–Crippen MR) is 91.0 cm³/mol. The highest BCUT2D eigenvalue weighted by molar-refractivity contribution is 5.79. The van der Waals surface area contributed by atoms with Crippen LogP contribution in [0.3, 0.4) is 0 Å². The van der Waals surface area contributed by atoms with E-state index in [9.17, 15) is 4.79 Å². The fourth-order valence-corrected chi connectivity index (χ4v) is 3.74. The maximum absolute atomic E-state index is 12.6. The number of carbonyl (C=O) groups excluding carboxylic acids is 1. The topological polar surface area (TPSA) is 49.6 Å². The van der Waals surface area contributed by atoms with E-state index < -0.39 is 0 Å². The first-order valence-corrected chi connectivity index (χ1v) is 8.55. The number of anilines is 2. The largest absolute Gasteiger partial charge is 0.399 e. The molecule has 1 aromatic rings. The Morgan fingerprint density at radius 2 is 1.77 bits per heavy atom. The van der Waals surface area contributed by atoms with Gasteiger partial charge in [0.15, 0.2) is 0 Å². The number of piperazine rings is 1. The number of hydrogen-bond acceptors (Lipinski definition) is 3. The Balaban J connectivity index is 1.60. The van der Waals surface area contributed by atoms with Gasteiger partial charge in [-0.15, -0.1) is 0 Å². The number of nitrogen functional groups attached to an aromatic ring is 1. The molecule has 3 rings (SSSR count). The molecule has 4 nitrogen and oxygen atoms in total. The normalized spacial score (nSPS) is 20.2. The molecule has 1 heterocycles. The van der Waals surface area contributed by atoms with Crippen molar-refractivity contribution < 1.29 is 4.79 Å². The van der Waals surface area contributed by atoms with Crippen LogP contribution in [0, 0.1) is 12.8 Å². The quantitative estimate of drug-likeness (QED) is 0.855. The smallest absolute Gasteiger partial charge is 0.225 e. The maximum Gasteiger partial charge on any atom is 0.225 e. The fourth-order valence-electron chi connectivity index (χ4n) is 3.74. The third kappa shape index (κ3) is 3.21. The van der Waals surface area contributed by atoms with Crippen LogP contribution < -0.4 is 10.6 Å². The number of rotatable bonds is 2. The van der Waals surface area contributed by atoms with E-state index in [1.807, 2.05) is 12.1 Å². The summed E-state index contributed by atoms with van der Waals surface area (Å²) in [5.74, 6) is 0.679. The molecule has 0 radical (unpaired) electrons. The SMILES string of the molecule is Cc1ccc(N)cc1N1CCN(C(=O)C2CCCCC2)CC1. The van der Waals surface area contributed by atoms with Crippen LogP contribution >= 0.6 is 0 Å². The second-order valence-corrected chi connectivity index (χ2v) is 6.69. The molecule has 0 bridgehead atoms. The van der Waals surface area contributed by atoms with Crippen LogP contribution in [-0.2, 0) is 4.79 Å². The van der Waals surface area contributed by atoms with Crippen LogP contribution in [0.5, 0.6) is 0 Å². The average molecular weight is 301 g/mol. The first kappa shape index (κ1) is 15.2. The first-order chi connectivity index (χ1) is 10.6. The molecule has 0 spiro atoms. The predicted octanol–water partition coefficient (Wildman–Crippen LogP) is 2.81. The molecule has 120 valence electrons. The highest BCUT2D eigenvalue weighted by atomic mass is 16.2. The van der Waals surface area contributed by atoms with E-state index in [0.717, 1.165) is 44.7 Å². The summed E-state index contributed by atoms with van der Waals surface area (Å²) in [7, 11) is 0. The van der Waals surface area contributed by atoms with Crippen LogP contribution in [0.2, 0.25) is 0 Å². The number of carbonyl (C=O) groups is 1. The molecule has 2 aliphatic rings. The average Bonchev–Trinajstić information content (AvgIpc) is 2.57. The lowest BCUT2D eigenvalue weighted by Gasteiger charge is -2.38. The van der Waals surface area contributed by atoms with Crippen molar-refractivity contribution in [1.29, 1.82) is 0 Å². The number of benzene rings is 1. The van der Waals surface area contributed by atoms with Gasteiger partial charge in [0.25, 0.3) is 0 Å². The van der Waals surface area contributed by atoms with Crippen molar-refractivity contribution in [3.63, 3.8) is 0 Å². The van der Waals surface area contributed by atoms with E-state index in [1.165, 1.54) is 30.5 Å². The minimum Gasteiger partial charge on any atom is -0.399 e. The zero-order valence-corrected chi connectivity index (χ0v) is 13.6. The number of nitrogens with two attached hydrogens (primary N) is 1. The Labute approximate surface area is 133 Å². The lowest BCUT2D eigenvalue weighted by molar-refractivity contribution is -0.136. The summed E-state index contributed by atoms with van der Waals surface area (Å²) >= 11 is 0. The molecule has 1 aliphatic heterocycles. The summed E-state index contributed by atoms with van der Waals surface area (Å²) in [5, 5.41) is 0. The lowest BCUT2D eigenvalue weighted by Crippen LogP contribution is -2.50. The van der Waals surface area contributed by atoms with Gasteiger partial charge in [-0.1, -0.05) is 25.3 Å². The van der Waals surface area contributed by atoms with Gasteiger partial charge >= 0.3 is 0 Å². The molecule has 4 heteroatoms. The minimum absolute atomic E-state index is 0.286. The highest BCUT2D eigenvalue weighted by Crippen LogP contribution is 2.27. The molecule has 0 atom stereocenters. The summed E-state index contributed by atoms with van der Waals surface area (Å²) < 4.78 is 0. The molecule has 1 saturated heterocycles. The molecule has 0 aromatic heterocycles. The number of amides is 1. The molecule has 2 fully saturated rings. The van der Waals surface area contributed by atoms with E-state index in [0.29, 0.717) is 5.91 Å². The van der Waals surface area contributed by atoms with Crippen molar-refractivity contribution in [3.8, 4) is 0 Å². The Kier molecular flexibility index (Phi) is 4.55. The third-order valence-electron chi connectivity index (χ3n) is 5.12. The van der Waals surface area contributed by atoms with Crippen molar-refractivity contribution in [1.82, 2.24) is 4.90 Å². The number of aryl methyl sites for hydroxylation is 1. The first-order valence-electron chi connectivity index (χ1n) is 8.55. The highest BCUT2D eigenvalue weighted by Gasteiger charge is 2.28. The van der Waals surface area contributed by atoms with E-state index in [-0.39, 0.29) is 5.92 Å². The van der Waals surface area contributed by atoms with Crippen LogP contribution in [0.15, 0.2) is 18.2 Å². The maximum atomic E-state index is 12.6. The van der Waals surface area contributed by atoms with Crippen molar-refractivity contribution in [2.24, 2.45) is 5.92 Å². The van der Waals surface area contributed by atoms with Gasteiger partial charge in [-0.3, -0.25) is 4.79 Å². The van der Waals surface area contributed by atoms with E-state index in [2.05, 4.69) is 22.8 Å². The molecule has 2 N–H and O–H groups in total. The van der Waals surface area contributed by atoms with Crippen LogP contribution in [0.1, 0.15) is 37.7 Å². The van der Waals surface area contributed by atoms with Gasteiger partial charge in [-0.2, -0.15) is 0 Å². The van der Waals surface area contributed by atoms with Crippen molar-refractivity contribution >= 4 is 17.3 Å². The minimum atomic E-state index is 0.286. The second kappa shape index (κ2) is 6.59. The standard InChI is InChI=1S/C18H27N3O/c1-14-7-8-16(19)13-17(14)20-9-11-21(12-10-20)18(22)15-5-3-2-4-6-15/h7-8,13,15H,2-6,9-12,19H2,1H3. The van der Waals surface area contributed by atoms with Crippen molar-refractivity contribution in [2.75, 3.05) is 36.8 Å². The molecule has 0 unspecified atom stereocenters. The van der Waals surface area contributed by atoms with Crippen LogP contribution in [0.25, 0.3) is 0 Å². The van der Waals surface area contributed by atoms with E-state index in [1.54, 1.807) is 0 Å². The molecular weight excluding hydrogens is 274 g/mol. The van der Waals surface area contributed by atoms with Crippen LogP contribution in [-0.4, -0.2) is 37.0 Å². The zero-order chi connectivity index (χ0) is 15.5. The summed E-state index contributed by atoms with van der Waals surface area (Å²) in [6.07, 6.45) is 5.92. The Bertz CT molecular complexity index is 529. The van der Waals surface area contributed by atoms with Gasteiger partial charge in [-0.25, -0.2) is 0 Å². The van der Waals surface area contributed by atoms with Crippen molar-refractivity contribution in [2.45, 2.75) is 39.0 Å². The van der Waals surface area contributed by atoms with Crippen molar-refractivity contribution in [3.05, 3.63) is 23.8 Å². The van der Waals surface area contributed by atoms with E-state index in [4.69, 9.17) is 5.73 Å². The Hall–Kier alpha value is -1.71. The number of nitrogens with zero attached hydrogens (tertiary/aromatic N) is 2. The van der Waals surface area contributed by atoms with Gasteiger partial charge in [0.2, 0.25) is 5.91 Å². The third-order valence-corrected chi connectivity index (χ3v) is 5.12. The summed E-state index contributed by atoms with van der Waals surface area (Å²) in [6.45, 7) is 5.60. The molecule has 1 aliphatic carbocycles. The van der Waals surface area contributed by atoms with Crippen LogP contribution in [0.4, 0.5) is 11.4 Å². The monoisotopic (exact) mass is 301 g/mol. The lowest BCUT2D eigenvalue weighted by atomic mass is 9.88. The second-order valence-electron chi connectivity index (χ2n) is 6.69. The molecule has 1 saturated carbocycles. The fraction of sp³-hybridized carbons (Fsp3) is 0.611. The summed E-state index contributed by atoms with van der Waals surface area (Å²) in [6, 6.07) is 6.07. The molecule has 22 heavy (non-hydrogen) atoms. The molecule has 1 aromatic carbocycles. The van der Waals surface area contributed by atoms with Gasteiger partial charge < -0.3 is 15.5 Å². The molecular formula is C18H27N3O. The summed E-state index contributed by atoms with van der Waals surface area (Å²) in [4.78, 5) is 17.0. The van der Waals surface area contributed by atoms with Gasteiger partial charge in [0.1, 0.15) is 0 Å². The Morgan fingerprint density at radius 3 is 2.45 bits per heavy atom. The van der Waals surface area contributed by atoms with Gasteiger partial charge in [-0.05, 0) is 37.5 Å². The Morgan fingerprint density at radius 1 is 1.09 bits per heavy atom. The number of hydrogen-bond donors (Lipinski definition) is 1. The molecule has 1 amide bonds. The summed E-state index contributed by atoms with van der Waals surface area (Å²) in [5.41, 5.74) is 9.19. The van der Waals surface area contributed by atoms with Gasteiger partial charge in [0.05, 0.1) is 0 Å². The van der Waals surface area contributed by atoms with Gasteiger partial charge in [0, 0.05) is 43.5 Å². The zero-order valence-electron chi connectivity index (χ0n) is 13.6.